The Bertz CT molecular complexity index is 978. The van der Waals surface area contributed by atoms with Crippen LogP contribution in [0.3, 0.4) is 0 Å². The summed E-state index contributed by atoms with van der Waals surface area (Å²) in [6.07, 6.45) is 0.490. The standard InChI is InChI=1S/C27H27N3O/c28-20-22-11-13-23(14-12-22)21-29-15-17-30(18-16-29)27(31)19-26(24-7-3-1-4-8-24)25-9-5-2-6-10-25/h1-14,26H,15-19,21H2. The van der Waals surface area contributed by atoms with E-state index in [0.717, 1.165) is 32.7 Å². The summed E-state index contributed by atoms with van der Waals surface area (Å²) in [6, 6.07) is 30.5. The summed E-state index contributed by atoms with van der Waals surface area (Å²) < 4.78 is 0. The van der Waals surface area contributed by atoms with Crippen molar-refractivity contribution in [2.75, 3.05) is 26.2 Å². The molecule has 4 heteroatoms. The molecule has 4 rings (SSSR count). The molecule has 0 unspecified atom stereocenters. The number of carbonyl (C=O) groups excluding carboxylic acids is 1. The van der Waals surface area contributed by atoms with E-state index in [9.17, 15) is 4.79 Å². The summed E-state index contributed by atoms with van der Waals surface area (Å²) in [5, 5.41) is 8.94. The molecule has 1 fully saturated rings. The Morgan fingerprint density at radius 1 is 0.806 bits per heavy atom. The van der Waals surface area contributed by atoms with Gasteiger partial charge in [0.1, 0.15) is 0 Å². The van der Waals surface area contributed by atoms with Gasteiger partial charge in [-0.1, -0.05) is 72.8 Å². The lowest BCUT2D eigenvalue weighted by molar-refractivity contribution is -0.133. The molecule has 0 spiro atoms. The molecular weight excluding hydrogens is 382 g/mol. The van der Waals surface area contributed by atoms with Gasteiger partial charge in [0.05, 0.1) is 11.6 Å². The molecule has 1 saturated heterocycles. The Labute approximate surface area is 184 Å². The summed E-state index contributed by atoms with van der Waals surface area (Å²) in [5.74, 6) is 0.294. The highest BCUT2D eigenvalue weighted by Crippen LogP contribution is 2.28. The van der Waals surface area contributed by atoms with Crippen molar-refractivity contribution in [1.29, 1.82) is 5.26 Å². The molecule has 31 heavy (non-hydrogen) atoms. The summed E-state index contributed by atoms with van der Waals surface area (Å²) in [4.78, 5) is 17.5. The van der Waals surface area contributed by atoms with E-state index in [2.05, 4.69) is 35.2 Å². The first-order valence-electron chi connectivity index (χ1n) is 10.8. The monoisotopic (exact) mass is 409 g/mol. The maximum absolute atomic E-state index is 13.2. The number of hydrogen-bond acceptors (Lipinski definition) is 3. The smallest absolute Gasteiger partial charge is 0.223 e. The third kappa shape index (κ3) is 5.39. The van der Waals surface area contributed by atoms with Crippen molar-refractivity contribution in [1.82, 2.24) is 9.80 Å². The first kappa shape index (κ1) is 20.8. The van der Waals surface area contributed by atoms with Crippen molar-refractivity contribution >= 4 is 5.91 Å². The summed E-state index contributed by atoms with van der Waals surface area (Å²) in [6.45, 7) is 4.10. The van der Waals surface area contributed by atoms with E-state index in [-0.39, 0.29) is 11.8 Å². The van der Waals surface area contributed by atoms with Crippen LogP contribution < -0.4 is 0 Å². The fraction of sp³-hybridized carbons (Fsp3) is 0.259. The minimum atomic E-state index is 0.0755. The number of piperazine rings is 1. The second-order valence-electron chi connectivity index (χ2n) is 8.04. The first-order valence-corrected chi connectivity index (χ1v) is 10.8. The van der Waals surface area contributed by atoms with Gasteiger partial charge >= 0.3 is 0 Å². The van der Waals surface area contributed by atoms with Gasteiger partial charge < -0.3 is 4.90 Å². The normalized spacial score (nSPS) is 14.4. The molecule has 0 saturated carbocycles. The highest BCUT2D eigenvalue weighted by atomic mass is 16.2. The zero-order valence-corrected chi connectivity index (χ0v) is 17.7. The second kappa shape index (κ2) is 10.1. The lowest BCUT2D eigenvalue weighted by atomic mass is 9.88. The zero-order chi connectivity index (χ0) is 21.5. The maximum Gasteiger partial charge on any atom is 0.223 e. The Hall–Kier alpha value is -3.42. The number of nitriles is 1. The quantitative estimate of drug-likeness (QED) is 0.605. The largest absolute Gasteiger partial charge is 0.340 e. The van der Waals surface area contributed by atoms with Gasteiger partial charge in [-0.25, -0.2) is 0 Å². The van der Waals surface area contributed by atoms with E-state index >= 15 is 0 Å². The zero-order valence-electron chi connectivity index (χ0n) is 17.7. The molecule has 1 aliphatic rings. The maximum atomic E-state index is 13.2. The van der Waals surface area contributed by atoms with Gasteiger partial charge in [-0.3, -0.25) is 9.69 Å². The number of nitrogens with zero attached hydrogens (tertiary/aromatic N) is 3. The minimum Gasteiger partial charge on any atom is -0.340 e. The van der Waals surface area contributed by atoms with E-state index in [1.54, 1.807) is 0 Å². The highest BCUT2D eigenvalue weighted by Gasteiger charge is 2.25. The van der Waals surface area contributed by atoms with Gasteiger partial charge in [-0.15, -0.1) is 0 Å². The molecule has 0 radical (unpaired) electrons. The molecule has 4 nitrogen and oxygen atoms in total. The molecule has 1 amide bonds. The molecule has 3 aromatic rings. The number of amides is 1. The number of rotatable bonds is 6. The van der Waals surface area contributed by atoms with E-state index in [1.165, 1.54) is 16.7 Å². The topological polar surface area (TPSA) is 47.3 Å². The van der Waals surface area contributed by atoms with Gasteiger partial charge in [-0.2, -0.15) is 5.26 Å². The summed E-state index contributed by atoms with van der Waals surface area (Å²) >= 11 is 0. The first-order chi connectivity index (χ1) is 15.2. The van der Waals surface area contributed by atoms with E-state index in [1.807, 2.05) is 65.6 Å². The molecule has 0 N–H and O–H groups in total. The lowest BCUT2D eigenvalue weighted by Crippen LogP contribution is -2.48. The number of benzene rings is 3. The van der Waals surface area contributed by atoms with Gasteiger partial charge in [0, 0.05) is 45.1 Å². The van der Waals surface area contributed by atoms with Crippen LogP contribution in [-0.4, -0.2) is 41.9 Å². The number of hydrogen-bond donors (Lipinski definition) is 0. The highest BCUT2D eigenvalue weighted by molar-refractivity contribution is 5.78. The van der Waals surface area contributed by atoms with Crippen molar-refractivity contribution < 1.29 is 4.79 Å². The molecule has 156 valence electrons. The van der Waals surface area contributed by atoms with Crippen LogP contribution in [0.2, 0.25) is 0 Å². The van der Waals surface area contributed by atoms with E-state index < -0.39 is 0 Å². The molecular formula is C27H27N3O. The average molecular weight is 410 g/mol. The van der Waals surface area contributed by atoms with Gasteiger partial charge in [0.2, 0.25) is 5.91 Å². The minimum absolute atomic E-state index is 0.0755. The van der Waals surface area contributed by atoms with E-state index in [4.69, 9.17) is 5.26 Å². The van der Waals surface area contributed by atoms with Gasteiger partial charge in [0.25, 0.3) is 0 Å². The second-order valence-corrected chi connectivity index (χ2v) is 8.04. The predicted molar refractivity (Wildman–Crippen MR) is 122 cm³/mol. The summed E-state index contributed by atoms with van der Waals surface area (Å²) in [7, 11) is 0. The fourth-order valence-corrected chi connectivity index (χ4v) is 4.20. The van der Waals surface area contributed by atoms with Crippen LogP contribution in [0.15, 0.2) is 84.9 Å². The van der Waals surface area contributed by atoms with Crippen molar-refractivity contribution in [3.63, 3.8) is 0 Å². The van der Waals surface area contributed by atoms with Crippen molar-refractivity contribution in [3.8, 4) is 6.07 Å². The van der Waals surface area contributed by atoms with Crippen molar-refractivity contribution in [2.24, 2.45) is 0 Å². The van der Waals surface area contributed by atoms with Crippen LogP contribution in [0.25, 0.3) is 0 Å². The van der Waals surface area contributed by atoms with Crippen LogP contribution >= 0.6 is 0 Å². The van der Waals surface area contributed by atoms with Crippen LogP contribution in [0.4, 0.5) is 0 Å². The molecule has 1 aliphatic heterocycles. The van der Waals surface area contributed by atoms with Crippen molar-refractivity contribution in [2.45, 2.75) is 18.9 Å². The summed E-state index contributed by atoms with van der Waals surface area (Å²) in [5.41, 5.74) is 4.25. The fourth-order valence-electron chi connectivity index (χ4n) is 4.20. The lowest BCUT2D eigenvalue weighted by Gasteiger charge is -2.35. The molecule has 3 aromatic carbocycles. The average Bonchev–Trinajstić information content (AvgIpc) is 2.84. The Balaban J connectivity index is 1.36. The van der Waals surface area contributed by atoms with Crippen LogP contribution in [-0.2, 0) is 11.3 Å². The third-order valence-electron chi connectivity index (χ3n) is 6.00. The predicted octanol–water partition coefficient (Wildman–Crippen LogP) is 4.42. The van der Waals surface area contributed by atoms with Gasteiger partial charge in [-0.05, 0) is 28.8 Å². The van der Waals surface area contributed by atoms with Crippen LogP contribution in [0.5, 0.6) is 0 Å². The van der Waals surface area contributed by atoms with Crippen molar-refractivity contribution in [3.05, 3.63) is 107 Å². The Morgan fingerprint density at radius 2 is 1.35 bits per heavy atom. The Kier molecular flexibility index (Phi) is 6.76. The molecule has 0 aliphatic carbocycles. The third-order valence-corrected chi connectivity index (χ3v) is 6.00. The number of carbonyl (C=O) groups is 1. The SMILES string of the molecule is N#Cc1ccc(CN2CCN(C(=O)CC(c3ccccc3)c3ccccc3)CC2)cc1. The van der Waals surface area contributed by atoms with Crippen LogP contribution in [0, 0.1) is 11.3 Å². The molecule has 0 aromatic heterocycles. The molecule has 0 atom stereocenters. The molecule has 0 bridgehead atoms. The Morgan fingerprint density at radius 3 is 1.87 bits per heavy atom. The van der Waals surface area contributed by atoms with E-state index in [0.29, 0.717) is 12.0 Å². The van der Waals surface area contributed by atoms with Gasteiger partial charge in [0.15, 0.2) is 0 Å². The molecule has 1 heterocycles. The van der Waals surface area contributed by atoms with Crippen LogP contribution in [0.1, 0.15) is 34.6 Å².